The lowest BCUT2D eigenvalue weighted by molar-refractivity contribution is -0.121. The molecule has 0 unspecified atom stereocenters. The van der Waals surface area contributed by atoms with Crippen LogP contribution in [0.4, 0.5) is 5.69 Å². The largest absolute Gasteiger partial charge is 0.483 e. The normalized spacial score (nSPS) is 14.9. The van der Waals surface area contributed by atoms with E-state index < -0.39 is 0 Å². The SMILES string of the molecule is C=CCN1C(=O)/C(=C/c2ccccc2OCC(=O)Nc2ccccc2C)SC1=S. The highest BCUT2D eigenvalue weighted by Crippen LogP contribution is 2.34. The minimum absolute atomic E-state index is 0.142. The van der Waals surface area contributed by atoms with Crippen molar-refractivity contribution >= 4 is 51.9 Å². The fourth-order valence-electron chi connectivity index (χ4n) is 2.70. The Labute approximate surface area is 179 Å². The predicted octanol–water partition coefficient (Wildman–Crippen LogP) is 4.40. The molecule has 0 spiro atoms. The maximum atomic E-state index is 12.5. The van der Waals surface area contributed by atoms with Crippen molar-refractivity contribution in [2.24, 2.45) is 0 Å². The number of thioether (sulfide) groups is 1. The highest BCUT2D eigenvalue weighted by molar-refractivity contribution is 8.26. The van der Waals surface area contributed by atoms with Crippen molar-refractivity contribution in [3.05, 3.63) is 77.2 Å². The summed E-state index contributed by atoms with van der Waals surface area (Å²) in [6.07, 6.45) is 3.37. The maximum absolute atomic E-state index is 12.5. The van der Waals surface area contributed by atoms with Gasteiger partial charge < -0.3 is 10.1 Å². The quantitative estimate of drug-likeness (QED) is 0.406. The first-order valence-corrected chi connectivity index (χ1v) is 10.2. The first-order valence-electron chi connectivity index (χ1n) is 8.93. The maximum Gasteiger partial charge on any atom is 0.266 e. The molecule has 2 aromatic rings. The molecule has 0 radical (unpaired) electrons. The van der Waals surface area contributed by atoms with Crippen LogP contribution in [0.1, 0.15) is 11.1 Å². The zero-order valence-electron chi connectivity index (χ0n) is 15.9. The third-order valence-corrected chi connectivity index (χ3v) is 5.55. The lowest BCUT2D eigenvalue weighted by Crippen LogP contribution is -2.27. The number of ether oxygens (including phenoxy) is 1. The summed E-state index contributed by atoms with van der Waals surface area (Å²) >= 11 is 6.50. The fourth-order valence-corrected chi connectivity index (χ4v) is 3.97. The first kappa shape index (κ1) is 20.8. The Morgan fingerprint density at radius 3 is 2.72 bits per heavy atom. The lowest BCUT2D eigenvalue weighted by Gasteiger charge is -2.11. The summed E-state index contributed by atoms with van der Waals surface area (Å²) in [5, 5.41) is 2.83. The number of amides is 2. The summed E-state index contributed by atoms with van der Waals surface area (Å²) in [4.78, 5) is 26.8. The van der Waals surface area contributed by atoms with Crippen LogP contribution in [-0.2, 0) is 9.59 Å². The molecule has 148 valence electrons. The number of thiocarbonyl (C=S) groups is 1. The predicted molar refractivity (Wildman–Crippen MR) is 122 cm³/mol. The first-order chi connectivity index (χ1) is 14.0. The summed E-state index contributed by atoms with van der Waals surface area (Å²) in [6, 6.07) is 14.8. The van der Waals surface area contributed by atoms with Crippen LogP contribution in [0, 0.1) is 6.92 Å². The van der Waals surface area contributed by atoms with Crippen LogP contribution in [0.2, 0.25) is 0 Å². The monoisotopic (exact) mass is 424 g/mol. The Bertz CT molecular complexity index is 1000. The lowest BCUT2D eigenvalue weighted by atomic mass is 10.2. The van der Waals surface area contributed by atoms with Crippen molar-refractivity contribution < 1.29 is 14.3 Å². The number of hydrogen-bond donors (Lipinski definition) is 1. The van der Waals surface area contributed by atoms with Crippen LogP contribution in [0.3, 0.4) is 0 Å². The third-order valence-electron chi connectivity index (χ3n) is 4.17. The standard InChI is InChI=1S/C22H20N2O3S2/c1-3-12-24-21(26)19(29-22(24)28)13-16-9-5-7-11-18(16)27-14-20(25)23-17-10-6-4-8-15(17)2/h3-11,13H,1,12,14H2,2H3,(H,23,25)/b19-13-. The molecule has 0 bridgehead atoms. The molecule has 0 aromatic heterocycles. The van der Waals surface area contributed by atoms with Crippen molar-refractivity contribution in [2.45, 2.75) is 6.92 Å². The number of carbonyl (C=O) groups excluding carboxylic acids is 2. The number of carbonyl (C=O) groups is 2. The zero-order valence-corrected chi connectivity index (χ0v) is 17.5. The van der Waals surface area contributed by atoms with E-state index in [1.807, 2.05) is 49.4 Å². The molecule has 1 aliphatic rings. The molecular formula is C22H20N2O3S2. The number of rotatable bonds is 7. The minimum atomic E-state index is -0.258. The summed E-state index contributed by atoms with van der Waals surface area (Å²) in [5.41, 5.74) is 2.43. The van der Waals surface area contributed by atoms with Gasteiger partial charge in [0.2, 0.25) is 0 Å². The summed E-state index contributed by atoms with van der Waals surface area (Å²) in [7, 11) is 0. The molecule has 7 heteroatoms. The van der Waals surface area contributed by atoms with Gasteiger partial charge in [-0.25, -0.2) is 0 Å². The van der Waals surface area contributed by atoms with Crippen LogP contribution in [0.15, 0.2) is 66.1 Å². The summed E-state index contributed by atoms with van der Waals surface area (Å²) < 4.78 is 6.22. The Kier molecular flexibility index (Phi) is 6.85. The number of para-hydroxylation sites is 2. The van der Waals surface area contributed by atoms with Gasteiger partial charge in [-0.15, -0.1) is 6.58 Å². The van der Waals surface area contributed by atoms with Crippen LogP contribution < -0.4 is 10.1 Å². The topological polar surface area (TPSA) is 58.6 Å². The Morgan fingerprint density at radius 2 is 1.97 bits per heavy atom. The van der Waals surface area contributed by atoms with Crippen LogP contribution in [0.25, 0.3) is 6.08 Å². The molecule has 1 saturated heterocycles. The van der Waals surface area contributed by atoms with Gasteiger partial charge in [-0.2, -0.15) is 0 Å². The van der Waals surface area contributed by atoms with Gasteiger partial charge in [-0.1, -0.05) is 66.5 Å². The van der Waals surface area contributed by atoms with E-state index >= 15 is 0 Å². The van der Waals surface area contributed by atoms with Gasteiger partial charge in [0.25, 0.3) is 11.8 Å². The molecule has 0 aliphatic carbocycles. The highest BCUT2D eigenvalue weighted by Gasteiger charge is 2.31. The van der Waals surface area contributed by atoms with Gasteiger partial charge in [-0.3, -0.25) is 14.5 Å². The third kappa shape index (κ3) is 5.13. The van der Waals surface area contributed by atoms with Crippen molar-refractivity contribution in [1.82, 2.24) is 4.90 Å². The Morgan fingerprint density at radius 1 is 1.24 bits per heavy atom. The highest BCUT2D eigenvalue weighted by atomic mass is 32.2. The van der Waals surface area contributed by atoms with E-state index in [0.717, 1.165) is 11.3 Å². The minimum Gasteiger partial charge on any atom is -0.483 e. The van der Waals surface area contributed by atoms with E-state index in [-0.39, 0.29) is 18.4 Å². The second kappa shape index (κ2) is 9.54. The van der Waals surface area contributed by atoms with Crippen LogP contribution in [0.5, 0.6) is 5.75 Å². The van der Waals surface area contributed by atoms with E-state index in [0.29, 0.717) is 27.1 Å². The second-order valence-electron chi connectivity index (χ2n) is 6.27. The molecule has 1 heterocycles. The van der Waals surface area contributed by atoms with Crippen LogP contribution in [-0.4, -0.2) is 34.2 Å². The molecule has 0 atom stereocenters. The molecule has 3 rings (SSSR count). The molecule has 1 N–H and O–H groups in total. The van der Waals surface area contributed by atoms with E-state index in [1.54, 1.807) is 18.2 Å². The van der Waals surface area contributed by atoms with Gasteiger partial charge in [0.15, 0.2) is 6.61 Å². The number of hydrogen-bond acceptors (Lipinski definition) is 5. The average Bonchev–Trinajstić information content (AvgIpc) is 2.97. The number of anilines is 1. The molecule has 0 saturated carbocycles. The average molecular weight is 425 g/mol. The number of nitrogens with zero attached hydrogens (tertiary/aromatic N) is 1. The number of nitrogens with one attached hydrogen (secondary N) is 1. The van der Waals surface area contributed by atoms with E-state index in [1.165, 1.54) is 16.7 Å². The van der Waals surface area contributed by atoms with Crippen molar-refractivity contribution in [3.8, 4) is 5.75 Å². The van der Waals surface area contributed by atoms with Gasteiger partial charge in [0, 0.05) is 17.8 Å². The van der Waals surface area contributed by atoms with Crippen molar-refractivity contribution in [3.63, 3.8) is 0 Å². The second-order valence-corrected chi connectivity index (χ2v) is 7.95. The van der Waals surface area contributed by atoms with Gasteiger partial charge >= 0.3 is 0 Å². The zero-order chi connectivity index (χ0) is 20.8. The van der Waals surface area contributed by atoms with E-state index in [4.69, 9.17) is 17.0 Å². The van der Waals surface area contributed by atoms with Crippen molar-refractivity contribution in [2.75, 3.05) is 18.5 Å². The Hall–Kier alpha value is -2.90. The van der Waals surface area contributed by atoms with Gasteiger partial charge in [0.1, 0.15) is 10.1 Å². The number of benzene rings is 2. The molecule has 1 fully saturated rings. The van der Waals surface area contributed by atoms with Gasteiger partial charge in [0.05, 0.1) is 4.91 Å². The molecular weight excluding hydrogens is 404 g/mol. The molecule has 29 heavy (non-hydrogen) atoms. The smallest absolute Gasteiger partial charge is 0.266 e. The molecule has 2 aromatic carbocycles. The van der Waals surface area contributed by atoms with Gasteiger partial charge in [-0.05, 0) is 30.7 Å². The number of aryl methyl sites for hydroxylation is 1. The van der Waals surface area contributed by atoms with E-state index in [9.17, 15) is 9.59 Å². The summed E-state index contributed by atoms with van der Waals surface area (Å²) in [5.74, 6) is 0.0971. The fraction of sp³-hybridized carbons (Fsp3) is 0.136. The molecule has 5 nitrogen and oxygen atoms in total. The molecule has 2 amide bonds. The van der Waals surface area contributed by atoms with Crippen LogP contribution >= 0.6 is 24.0 Å². The van der Waals surface area contributed by atoms with Crippen molar-refractivity contribution in [1.29, 1.82) is 0 Å². The van der Waals surface area contributed by atoms with E-state index in [2.05, 4.69) is 11.9 Å². The summed E-state index contributed by atoms with van der Waals surface area (Å²) in [6.45, 7) is 5.81. The Balaban J connectivity index is 1.70. The molecule has 1 aliphatic heterocycles.